The Hall–Kier alpha value is -1.51. The molecule has 11 heavy (non-hydrogen) atoms. The van der Waals surface area contributed by atoms with Crippen LogP contribution in [0, 0.1) is 0 Å². The van der Waals surface area contributed by atoms with Gasteiger partial charge in [-0.15, -0.1) is 0 Å². The summed E-state index contributed by atoms with van der Waals surface area (Å²) in [5, 5.41) is 11.1. The molecule has 3 nitrogen and oxygen atoms in total. The molecule has 0 aromatic heterocycles. The number of hydrogen-bond donors (Lipinski definition) is 2. The van der Waals surface area contributed by atoms with Gasteiger partial charge < -0.3 is 10.4 Å². The van der Waals surface area contributed by atoms with Gasteiger partial charge in [0.1, 0.15) is 0 Å². The van der Waals surface area contributed by atoms with Crippen molar-refractivity contribution in [3.8, 4) is 0 Å². The molecule has 0 radical (unpaired) electrons. The van der Waals surface area contributed by atoms with Gasteiger partial charge in [-0.2, -0.15) is 0 Å². The Bertz CT molecular complexity index is 216. The number of allylic oxidation sites excluding steroid dienone is 1. The third-order valence-corrected chi connectivity index (χ3v) is 1.08. The summed E-state index contributed by atoms with van der Waals surface area (Å²) >= 11 is 0. The molecule has 0 aliphatic rings. The van der Waals surface area contributed by atoms with E-state index in [1.54, 1.807) is 13.1 Å². The van der Waals surface area contributed by atoms with Crippen LogP contribution in [0.1, 0.15) is 0 Å². The van der Waals surface area contributed by atoms with Gasteiger partial charge in [-0.1, -0.05) is 13.2 Å². The average molecular weight is 153 g/mol. The Morgan fingerprint density at radius 1 is 1.45 bits per heavy atom. The zero-order valence-electron chi connectivity index (χ0n) is 6.42. The van der Waals surface area contributed by atoms with Gasteiger partial charge in [0, 0.05) is 12.7 Å². The second-order valence-corrected chi connectivity index (χ2v) is 1.94. The van der Waals surface area contributed by atoms with Crippen molar-refractivity contribution in [1.29, 1.82) is 0 Å². The monoisotopic (exact) mass is 153 g/mol. The summed E-state index contributed by atoms with van der Waals surface area (Å²) in [6.07, 6.45) is 2.94. The molecule has 60 valence electrons. The topological polar surface area (TPSA) is 49.3 Å². The fourth-order valence-electron chi connectivity index (χ4n) is 0.356. The number of hydrogen-bond acceptors (Lipinski definition) is 2. The quantitative estimate of drug-likeness (QED) is 0.466. The van der Waals surface area contributed by atoms with Gasteiger partial charge in [0.2, 0.25) is 0 Å². The second-order valence-electron chi connectivity index (χ2n) is 1.94. The Kier molecular flexibility index (Phi) is 3.73. The first kappa shape index (κ1) is 9.49. The van der Waals surface area contributed by atoms with Gasteiger partial charge >= 0.3 is 5.97 Å². The summed E-state index contributed by atoms with van der Waals surface area (Å²) in [5.41, 5.74) is 0.689. The van der Waals surface area contributed by atoms with Crippen molar-refractivity contribution < 1.29 is 9.90 Å². The predicted octanol–water partition coefficient (Wildman–Crippen LogP) is 0.916. The van der Waals surface area contributed by atoms with E-state index >= 15 is 0 Å². The van der Waals surface area contributed by atoms with Crippen LogP contribution >= 0.6 is 0 Å². The van der Waals surface area contributed by atoms with Gasteiger partial charge in [0.25, 0.3) is 0 Å². The summed E-state index contributed by atoms with van der Waals surface area (Å²) in [7, 11) is 1.70. The maximum atomic E-state index is 10.2. The van der Waals surface area contributed by atoms with Crippen molar-refractivity contribution in [2.75, 3.05) is 7.05 Å². The SMILES string of the molecule is C=C(/C=C\C(=C)C(=O)O)NC. The Labute approximate surface area is 65.7 Å². The Balaban J connectivity index is 4.04. The van der Waals surface area contributed by atoms with Crippen molar-refractivity contribution in [1.82, 2.24) is 5.32 Å². The van der Waals surface area contributed by atoms with Crippen LogP contribution in [0.15, 0.2) is 36.6 Å². The van der Waals surface area contributed by atoms with E-state index in [0.717, 1.165) is 0 Å². The third-order valence-electron chi connectivity index (χ3n) is 1.08. The molecule has 0 aromatic rings. The summed E-state index contributed by atoms with van der Waals surface area (Å²) in [6.45, 7) is 6.88. The highest BCUT2D eigenvalue weighted by atomic mass is 16.4. The maximum absolute atomic E-state index is 10.2. The molecule has 0 atom stereocenters. The van der Waals surface area contributed by atoms with E-state index < -0.39 is 5.97 Å². The lowest BCUT2D eigenvalue weighted by Crippen LogP contribution is -2.01. The molecule has 3 heteroatoms. The summed E-state index contributed by atoms with van der Waals surface area (Å²) in [5.74, 6) is -1.02. The van der Waals surface area contributed by atoms with Crippen molar-refractivity contribution >= 4 is 5.97 Å². The number of carbonyl (C=O) groups is 1. The van der Waals surface area contributed by atoms with E-state index in [4.69, 9.17) is 5.11 Å². The van der Waals surface area contributed by atoms with E-state index in [1.807, 2.05) is 0 Å². The van der Waals surface area contributed by atoms with E-state index in [1.165, 1.54) is 6.08 Å². The molecule has 2 N–H and O–H groups in total. The number of likely N-dealkylation sites (N-methyl/N-ethyl adjacent to an activating group) is 1. The molecule has 0 aliphatic carbocycles. The zero-order chi connectivity index (χ0) is 8.85. The van der Waals surface area contributed by atoms with Crippen molar-refractivity contribution in [3.63, 3.8) is 0 Å². The Morgan fingerprint density at radius 3 is 2.36 bits per heavy atom. The number of carboxylic acid groups (broad SMARTS) is 1. The van der Waals surface area contributed by atoms with E-state index in [2.05, 4.69) is 18.5 Å². The summed E-state index contributed by atoms with van der Waals surface area (Å²) < 4.78 is 0. The maximum Gasteiger partial charge on any atom is 0.335 e. The molecular formula is C8H11NO2. The van der Waals surface area contributed by atoms with Crippen LogP contribution in [0.25, 0.3) is 0 Å². The van der Waals surface area contributed by atoms with Crippen LogP contribution in [-0.2, 0) is 4.79 Å². The summed E-state index contributed by atoms with van der Waals surface area (Å²) in [4.78, 5) is 10.2. The van der Waals surface area contributed by atoms with Crippen molar-refractivity contribution in [2.24, 2.45) is 0 Å². The number of nitrogens with one attached hydrogen (secondary N) is 1. The molecule has 0 amide bonds. The first-order valence-corrected chi connectivity index (χ1v) is 3.05. The second kappa shape index (κ2) is 4.33. The molecule has 0 saturated carbocycles. The minimum absolute atomic E-state index is 0.0430. The minimum atomic E-state index is -1.02. The lowest BCUT2D eigenvalue weighted by molar-refractivity contribution is -0.132. The van der Waals surface area contributed by atoms with Crippen LogP contribution in [-0.4, -0.2) is 18.1 Å². The lowest BCUT2D eigenvalue weighted by Gasteiger charge is -1.95. The normalized spacial score (nSPS) is 9.55. The molecule has 0 aromatic carbocycles. The predicted molar refractivity (Wildman–Crippen MR) is 44.1 cm³/mol. The largest absolute Gasteiger partial charge is 0.478 e. The minimum Gasteiger partial charge on any atom is -0.478 e. The first-order chi connectivity index (χ1) is 5.07. The van der Waals surface area contributed by atoms with Crippen LogP contribution in [0.4, 0.5) is 0 Å². The fourth-order valence-corrected chi connectivity index (χ4v) is 0.356. The fraction of sp³-hybridized carbons (Fsp3) is 0.125. The van der Waals surface area contributed by atoms with E-state index in [9.17, 15) is 4.79 Å². The molecule has 0 spiro atoms. The van der Waals surface area contributed by atoms with Gasteiger partial charge in [-0.3, -0.25) is 0 Å². The number of rotatable bonds is 4. The third kappa shape index (κ3) is 3.97. The zero-order valence-corrected chi connectivity index (χ0v) is 6.42. The van der Waals surface area contributed by atoms with E-state index in [0.29, 0.717) is 5.70 Å². The van der Waals surface area contributed by atoms with Crippen LogP contribution < -0.4 is 5.32 Å². The van der Waals surface area contributed by atoms with Gasteiger partial charge in [0.15, 0.2) is 0 Å². The van der Waals surface area contributed by atoms with Crippen molar-refractivity contribution in [3.05, 3.63) is 36.6 Å². The lowest BCUT2D eigenvalue weighted by atomic mass is 10.2. The van der Waals surface area contributed by atoms with Crippen LogP contribution in [0.5, 0.6) is 0 Å². The number of carboxylic acids is 1. The molecule has 0 fully saturated rings. The smallest absolute Gasteiger partial charge is 0.335 e. The van der Waals surface area contributed by atoms with E-state index in [-0.39, 0.29) is 5.57 Å². The molecule has 0 bridgehead atoms. The molecule has 0 saturated heterocycles. The van der Waals surface area contributed by atoms with Crippen LogP contribution in [0.2, 0.25) is 0 Å². The average Bonchev–Trinajstić information content (AvgIpc) is 1.99. The van der Waals surface area contributed by atoms with Crippen LogP contribution in [0.3, 0.4) is 0 Å². The molecular weight excluding hydrogens is 142 g/mol. The Morgan fingerprint density at radius 2 is 2.00 bits per heavy atom. The molecule has 0 rings (SSSR count). The standard InChI is InChI=1S/C8H11NO2/c1-6(8(10)11)4-5-7(2)9-3/h4-5,9H,1-2H2,3H3,(H,10,11)/b5-4-. The molecule has 0 heterocycles. The van der Waals surface area contributed by atoms with Gasteiger partial charge in [0.05, 0.1) is 5.57 Å². The molecule has 0 aliphatic heterocycles. The first-order valence-electron chi connectivity index (χ1n) is 3.05. The molecule has 0 unspecified atom stereocenters. The highest BCUT2D eigenvalue weighted by molar-refractivity contribution is 5.89. The summed E-state index contributed by atoms with van der Waals surface area (Å²) in [6, 6.07) is 0. The van der Waals surface area contributed by atoms with Gasteiger partial charge in [-0.05, 0) is 12.2 Å². The van der Waals surface area contributed by atoms with Crippen molar-refractivity contribution in [2.45, 2.75) is 0 Å². The number of aliphatic carboxylic acids is 1. The highest BCUT2D eigenvalue weighted by Crippen LogP contribution is 1.94. The van der Waals surface area contributed by atoms with Gasteiger partial charge in [-0.25, -0.2) is 4.79 Å². The highest BCUT2D eigenvalue weighted by Gasteiger charge is 1.96.